The molecule has 0 radical (unpaired) electrons. The zero-order valence-electron chi connectivity index (χ0n) is 16.8. The van der Waals surface area contributed by atoms with E-state index in [1.54, 1.807) is 6.92 Å². The summed E-state index contributed by atoms with van der Waals surface area (Å²) >= 11 is 0. The van der Waals surface area contributed by atoms with Crippen molar-refractivity contribution in [1.29, 1.82) is 0 Å². The number of rotatable bonds is 9. The number of aliphatic carboxylic acids is 1. The molecule has 174 valence electrons. The van der Waals surface area contributed by atoms with E-state index >= 15 is 0 Å². The van der Waals surface area contributed by atoms with Gasteiger partial charge in [-0.2, -0.15) is 0 Å². The van der Waals surface area contributed by atoms with Crippen LogP contribution in [-0.2, 0) is 17.9 Å². The average Bonchev–Trinajstić information content (AvgIpc) is 2.69. The Morgan fingerprint density at radius 2 is 2.06 bits per heavy atom. The number of hydrogen-bond donors (Lipinski definition) is 3. The molecule has 0 aliphatic carbocycles. The van der Waals surface area contributed by atoms with E-state index in [2.05, 4.69) is 14.5 Å². The summed E-state index contributed by atoms with van der Waals surface area (Å²) in [7, 11) is -2.89. The molecule has 2 rings (SSSR count). The number of carboxylic acids is 1. The molecule has 2 unspecified atom stereocenters. The van der Waals surface area contributed by atoms with Crippen molar-refractivity contribution in [2.75, 3.05) is 0 Å². The highest BCUT2D eigenvalue weighted by Gasteiger charge is 2.31. The molecule has 2 atom stereocenters. The maximum absolute atomic E-state index is 12.6. The maximum atomic E-state index is 12.6. The predicted molar refractivity (Wildman–Crippen MR) is 103 cm³/mol. The van der Waals surface area contributed by atoms with Gasteiger partial charge in [-0.05, 0) is 26.0 Å². The number of aromatic hydroxyl groups is 1. The van der Waals surface area contributed by atoms with Gasteiger partial charge in [-0.25, -0.2) is 4.79 Å². The maximum Gasteiger partial charge on any atom is 0.573 e. The molecule has 0 aliphatic heterocycles. The van der Waals surface area contributed by atoms with E-state index in [1.165, 1.54) is 13.1 Å². The Hall–Kier alpha value is -3.15. The molecule has 10 nitrogen and oxygen atoms in total. The first-order valence-electron chi connectivity index (χ1n) is 8.89. The van der Waals surface area contributed by atoms with Crippen molar-refractivity contribution in [3.05, 3.63) is 41.2 Å². The van der Waals surface area contributed by atoms with Gasteiger partial charge in [0.05, 0.1) is 5.69 Å². The lowest BCUT2D eigenvalue weighted by Crippen LogP contribution is -2.17. The van der Waals surface area contributed by atoms with Crippen LogP contribution in [0.3, 0.4) is 0 Å². The van der Waals surface area contributed by atoms with Crippen LogP contribution in [0.5, 0.6) is 23.0 Å². The number of carbonyl (C=O) groups is 1. The van der Waals surface area contributed by atoms with Gasteiger partial charge < -0.3 is 30.3 Å². The minimum Gasteiger partial charge on any atom is -0.575 e. The first-order chi connectivity index (χ1) is 14.9. The number of benzene rings is 1. The van der Waals surface area contributed by atoms with Crippen molar-refractivity contribution in [3.8, 4) is 23.0 Å². The van der Waals surface area contributed by atoms with Gasteiger partial charge in [0.1, 0.15) is 18.1 Å². The summed E-state index contributed by atoms with van der Waals surface area (Å²) in [4.78, 5) is 26.8. The summed E-state index contributed by atoms with van der Waals surface area (Å²) in [6.45, 7) is 2.37. The SMILES string of the molecule is Cc1ncc(COc2cc(OC(F)(F)F)ccc2O/[P+]([O-])=N/C(C)C(=O)O)c(CN)c1O. The smallest absolute Gasteiger partial charge is 0.573 e. The molecule has 32 heavy (non-hydrogen) atoms. The average molecular weight is 477 g/mol. The van der Waals surface area contributed by atoms with Crippen LogP contribution in [-0.4, -0.2) is 33.6 Å². The van der Waals surface area contributed by atoms with Gasteiger partial charge in [-0.1, -0.05) is 4.74 Å². The lowest BCUT2D eigenvalue weighted by Gasteiger charge is -2.15. The van der Waals surface area contributed by atoms with Gasteiger partial charge >= 0.3 is 20.5 Å². The number of nitrogens with zero attached hydrogens (tertiary/aromatic N) is 2. The van der Waals surface area contributed by atoms with Gasteiger partial charge in [-0.3, -0.25) is 9.51 Å². The van der Waals surface area contributed by atoms with E-state index in [0.717, 1.165) is 18.2 Å². The Morgan fingerprint density at radius 1 is 1.38 bits per heavy atom. The number of alkyl halides is 3. The summed E-state index contributed by atoms with van der Waals surface area (Å²) < 4.78 is 55.6. The second kappa shape index (κ2) is 10.4. The van der Waals surface area contributed by atoms with Gasteiger partial charge in [0.25, 0.3) is 0 Å². The van der Waals surface area contributed by atoms with Crippen LogP contribution in [0.4, 0.5) is 13.2 Å². The Kier molecular flexibility index (Phi) is 8.19. The Balaban J connectivity index is 2.36. The molecular formula is C18H19F3N3O7P. The van der Waals surface area contributed by atoms with Crippen molar-refractivity contribution < 1.29 is 47.1 Å². The number of carboxylic acid groups (broad SMARTS) is 1. The molecule has 1 aromatic heterocycles. The first-order valence-corrected chi connectivity index (χ1v) is 10.0. The van der Waals surface area contributed by atoms with Crippen LogP contribution in [0.1, 0.15) is 23.7 Å². The van der Waals surface area contributed by atoms with Crippen molar-refractivity contribution in [2.45, 2.75) is 39.4 Å². The molecule has 0 saturated carbocycles. The highest BCUT2D eigenvalue weighted by molar-refractivity contribution is 7.34. The van der Waals surface area contributed by atoms with Crippen LogP contribution < -0.4 is 24.6 Å². The zero-order chi connectivity index (χ0) is 24.1. The Bertz CT molecular complexity index is 1020. The molecule has 1 heterocycles. The fraction of sp³-hybridized carbons (Fsp3) is 0.333. The second-order valence-electron chi connectivity index (χ2n) is 6.30. The van der Waals surface area contributed by atoms with Crippen LogP contribution in [0, 0.1) is 6.92 Å². The zero-order valence-corrected chi connectivity index (χ0v) is 17.7. The van der Waals surface area contributed by atoms with E-state index in [1.807, 2.05) is 0 Å². The van der Waals surface area contributed by atoms with Crippen LogP contribution in [0.2, 0.25) is 0 Å². The molecular weight excluding hydrogens is 458 g/mol. The van der Waals surface area contributed by atoms with Crippen molar-refractivity contribution >= 4 is 14.1 Å². The lowest BCUT2D eigenvalue weighted by atomic mass is 10.1. The minimum atomic E-state index is -4.98. The predicted octanol–water partition coefficient (Wildman–Crippen LogP) is 2.74. The highest BCUT2D eigenvalue weighted by Crippen LogP contribution is 2.38. The number of nitrogens with two attached hydrogens (primary N) is 1. The highest BCUT2D eigenvalue weighted by atomic mass is 31.1. The van der Waals surface area contributed by atoms with Crippen molar-refractivity contribution in [2.24, 2.45) is 10.5 Å². The molecule has 2 aromatic rings. The number of hydrogen-bond acceptors (Lipinski definition) is 9. The van der Waals surface area contributed by atoms with E-state index in [-0.39, 0.29) is 30.4 Å². The van der Waals surface area contributed by atoms with Gasteiger partial charge in [0, 0.05) is 29.9 Å². The standard InChI is InChI=1S/C18H19F3N3O7P/c1-9-16(25)13(6-22)11(7-23-9)8-29-15-5-12(30-18(19,20)21)3-4-14(15)31-32(28)24-10(2)17(26)27/h3-5,7,10,25H,6,8,22H2,1-2H3,(H,26,27). The summed E-state index contributed by atoms with van der Waals surface area (Å²) in [5.41, 5.74) is 6.62. The fourth-order valence-electron chi connectivity index (χ4n) is 2.36. The Labute approximate surface area is 181 Å². The number of pyridine rings is 1. The van der Waals surface area contributed by atoms with E-state index in [0.29, 0.717) is 16.8 Å². The molecule has 14 heteroatoms. The van der Waals surface area contributed by atoms with E-state index in [9.17, 15) is 28.0 Å². The number of halogens is 3. The second-order valence-corrected chi connectivity index (χ2v) is 7.19. The molecule has 4 N–H and O–H groups in total. The molecule has 0 spiro atoms. The third-order valence-electron chi connectivity index (χ3n) is 3.97. The lowest BCUT2D eigenvalue weighted by molar-refractivity contribution is -0.274. The third-order valence-corrected chi connectivity index (χ3v) is 4.86. The summed E-state index contributed by atoms with van der Waals surface area (Å²) in [6, 6.07) is 1.39. The summed E-state index contributed by atoms with van der Waals surface area (Å²) in [6.07, 6.45) is -3.60. The first kappa shape index (κ1) is 25.1. The molecule has 0 saturated heterocycles. The quantitative estimate of drug-likeness (QED) is 0.462. The number of aromatic nitrogens is 1. The molecule has 1 aromatic carbocycles. The van der Waals surface area contributed by atoms with E-state index in [4.69, 9.17) is 20.1 Å². The molecule has 0 fully saturated rings. The van der Waals surface area contributed by atoms with Crippen LogP contribution in [0.25, 0.3) is 0 Å². The van der Waals surface area contributed by atoms with Crippen molar-refractivity contribution in [1.82, 2.24) is 4.98 Å². The molecule has 0 bridgehead atoms. The number of aryl methyl sites for hydroxylation is 1. The minimum absolute atomic E-state index is 0.0632. The van der Waals surface area contributed by atoms with Crippen molar-refractivity contribution in [3.63, 3.8) is 0 Å². The van der Waals surface area contributed by atoms with Gasteiger partial charge in [-0.15, -0.1) is 13.2 Å². The van der Waals surface area contributed by atoms with E-state index < -0.39 is 32.3 Å². The van der Waals surface area contributed by atoms with Gasteiger partial charge in [0.15, 0.2) is 11.8 Å². The topological polar surface area (TPSA) is 160 Å². The molecule has 0 amide bonds. The summed E-state index contributed by atoms with van der Waals surface area (Å²) in [5, 5.41) is 18.9. The fourth-order valence-corrected chi connectivity index (χ4v) is 3.11. The summed E-state index contributed by atoms with van der Waals surface area (Å²) in [5.74, 6) is -2.72. The number of ether oxygens (including phenoxy) is 2. The normalized spacial score (nSPS) is 12.9. The monoisotopic (exact) mass is 477 g/mol. The van der Waals surface area contributed by atoms with Crippen LogP contribution in [0.15, 0.2) is 29.1 Å². The Morgan fingerprint density at radius 3 is 2.66 bits per heavy atom. The molecule has 0 aliphatic rings. The van der Waals surface area contributed by atoms with Crippen LogP contribution >= 0.6 is 8.17 Å². The largest absolute Gasteiger partial charge is 0.575 e. The third kappa shape index (κ3) is 6.94. The van der Waals surface area contributed by atoms with Gasteiger partial charge in [0.2, 0.25) is 5.75 Å².